The van der Waals surface area contributed by atoms with E-state index in [0.717, 1.165) is 5.56 Å². The second kappa shape index (κ2) is 6.69. The van der Waals surface area contributed by atoms with E-state index in [9.17, 15) is 4.79 Å². The number of aryl methyl sites for hydroxylation is 1. The quantitative estimate of drug-likeness (QED) is 0.778. The van der Waals surface area contributed by atoms with E-state index in [1.165, 1.54) is 0 Å². The number of nitrogens with zero attached hydrogens (tertiary/aromatic N) is 3. The molecule has 3 rings (SSSR count). The highest BCUT2D eigenvalue weighted by atomic mass is 16.5. The number of pyridine rings is 1. The highest BCUT2D eigenvalue weighted by Gasteiger charge is 2.08. The highest BCUT2D eigenvalue weighted by Crippen LogP contribution is 2.22. The van der Waals surface area contributed by atoms with Gasteiger partial charge < -0.3 is 14.6 Å². The Morgan fingerprint density at radius 3 is 2.96 bits per heavy atom. The molecule has 0 aliphatic carbocycles. The van der Waals surface area contributed by atoms with Crippen LogP contribution < -0.4 is 10.1 Å². The Balaban J connectivity index is 1.61. The maximum atomic E-state index is 11.8. The van der Waals surface area contributed by atoms with Crippen molar-refractivity contribution in [1.29, 1.82) is 0 Å². The summed E-state index contributed by atoms with van der Waals surface area (Å²) in [6.07, 6.45) is 3.20. The van der Waals surface area contributed by atoms with Crippen LogP contribution in [0.5, 0.6) is 5.75 Å². The minimum atomic E-state index is -0.267. The van der Waals surface area contributed by atoms with Gasteiger partial charge in [0.15, 0.2) is 12.4 Å². The summed E-state index contributed by atoms with van der Waals surface area (Å²) >= 11 is 0. The molecule has 0 aliphatic heterocycles. The molecular weight excluding hydrogens is 296 g/mol. The van der Waals surface area contributed by atoms with Crippen molar-refractivity contribution in [3.63, 3.8) is 0 Å². The first-order chi connectivity index (χ1) is 11.2. The van der Waals surface area contributed by atoms with Gasteiger partial charge in [0.25, 0.3) is 11.8 Å². The largest absolute Gasteiger partial charge is 0.484 e. The Kier molecular flexibility index (Phi) is 4.28. The molecule has 2 aromatic heterocycles. The first-order valence-corrected chi connectivity index (χ1v) is 6.94. The van der Waals surface area contributed by atoms with Crippen LogP contribution >= 0.6 is 0 Å². The molecule has 3 aromatic rings. The standard InChI is InChI=1S/C16H14N4O3/c1-11-18-16(23-20-11)12-4-2-6-14(8-12)22-10-15(21)19-13-5-3-7-17-9-13/h2-9H,10H2,1H3,(H,19,21). The van der Waals surface area contributed by atoms with E-state index in [1.807, 2.05) is 6.07 Å². The molecule has 2 heterocycles. The highest BCUT2D eigenvalue weighted by molar-refractivity contribution is 5.91. The van der Waals surface area contributed by atoms with Crippen LogP contribution in [0.15, 0.2) is 53.3 Å². The van der Waals surface area contributed by atoms with Crippen molar-refractivity contribution in [1.82, 2.24) is 15.1 Å². The van der Waals surface area contributed by atoms with E-state index < -0.39 is 0 Å². The Labute approximate surface area is 132 Å². The minimum absolute atomic E-state index is 0.110. The summed E-state index contributed by atoms with van der Waals surface area (Å²) in [6, 6.07) is 10.6. The Hall–Kier alpha value is -3.22. The number of hydrogen-bond acceptors (Lipinski definition) is 6. The van der Waals surface area contributed by atoms with Crippen LogP contribution in [0.1, 0.15) is 5.82 Å². The molecule has 0 bridgehead atoms. The van der Waals surface area contributed by atoms with Gasteiger partial charge in [-0.2, -0.15) is 4.98 Å². The van der Waals surface area contributed by atoms with Gasteiger partial charge in [0.2, 0.25) is 0 Å². The van der Waals surface area contributed by atoms with Gasteiger partial charge in [-0.1, -0.05) is 11.2 Å². The van der Waals surface area contributed by atoms with E-state index in [2.05, 4.69) is 20.4 Å². The van der Waals surface area contributed by atoms with Crippen LogP contribution in [0.2, 0.25) is 0 Å². The van der Waals surface area contributed by atoms with Crippen LogP contribution in [0, 0.1) is 6.92 Å². The lowest BCUT2D eigenvalue weighted by Crippen LogP contribution is -2.20. The van der Waals surface area contributed by atoms with Gasteiger partial charge in [-0.15, -0.1) is 0 Å². The molecule has 0 atom stereocenters. The fraction of sp³-hybridized carbons (Fsp3) is 0.125. The second-order valence-electron chi connectivity index (χ2n) is 4.75. The SMILES string of the molecule is Cc1noc(-c2cccc(OCC(=O)Nc3cccnc3)c2)n1. The van der Waals surface area contributed by atoms with Gasteiger partial charge in [-0.25, -0.2) is 0 Å². The maximum absolute atomic E-state index is 11.8. The fourth-order valence-electron chi connectivity index (χ4n) is 1.92. The molecule has 7 heteroatoms. The summed E-state index contributed by atoms with van der Waals surface area (Å²) in [6.45, 7) is 1.64. The number of benzene rings is 1. The molecule has 0 saturated heterocycles. The number of rotatable bonds is 5. The van der Waals surface area contributed by atoms with Crippen molar-refractivity contribution in [3.05, 3.63) is 54.6 Å². The average Bonchev–Trinajstić information content (AvgIpc) is 3.01. The fourth-order valence-corrected chi connectivity index (χ4v) is 1.92. The molecule has 116 valence electrons. The number of aromatic nitrogens is 3. The van der Waals surface area contributed by atoms with Crippen molar-refractivity contribution in [2.75, 3.05) is 11.9 Å². The Morgan fingerprint density at radius 1 is 1.30 bits per heavy atom. The minimum Gasteiger partial charge on any atom is -0.484 e. The van der Waals surface area contributed by atoms with Gasteiger partial charge in [-0.3, -0.25) is 9.78 Å². The molecule has 0 spiro atoms. The lowest BCUT2D eigenvalue weighted by atomic mass is 10.2. The zero-order valence-corrected chi connectivity index (χ0v) is 12.4. The van der Waals surface area contributed by atoms with E-state index in [0.29, 0.717) is 23.2 Å². The zero-order valence-electron chi connectivity index (χ0n) is 12.4. The van der Waals surface area contributed by atoms with E-state index in [4.69, 9.17) is 9.26 Å². The number of carbonyl (C=O) groups is 1. The number of ether oxygens (including phenoxy) is 1. The summed E-state index contributed by atoms with van der Waals surface area (Å²) in [5, 5.41) is 6.44. The monoisotopic (exact) mass is 310 g/mol. The Morgan fingerprint density at radius 2 is 2.22 bits per heavy atom. The molecule has 0 fully saturated rings. The van der Waals surface area contributed by atoms with Crippen molar-refractivity contribution >= 4 is 11.6 Å². The predicted octanol–water partition coefficient (Wildman–Crippen LogP) is 2.46. The molecular formula is C16H14N4O3. The first kappa shape index (κ1) is 14.7. The van der Waals surface area contributed by atoms with Gasteiger partial charge in [0.1, 0.15) is 5.75 Å². The molecule has 0 aliphatic rings. The number of nitrogens with one attached hydrogen (secondary N) is 1. The molecule has 1 aromatic carbocycles. The topological polar surface area (TPSA) is 90.1 Å². The summed E-state index contributed by atoms with van der Waals surface area (Å²) in [7, 11) is 0. The Bertz CT molecular complexity index is 802. The summed E-state index contributed by atoms with van der Waals surface area (Å²) in [4.78, 5) is 19.9. The maximum Gasteiger partial charge on any atom is 0.262 e. The first-order valence-electron chi connectivity index (χ1n) is 6.94. The number of amides is 1. The van der Waals surface area contributed by atoms with Gasteiger partial charge in [0.05, 0.1) is 11.9 Å². The summed E-state index contributed by atoms with van der Waals surface area (Å²) < 4.78 is 10.6. The molecule has 1 N–H and O–H groups in total. The molecule has 0 radical (unpaired) electrons. The van der Waals surface area contributed by atoms with Crippen LogP contribution in [0.3, 0.4) is 0 Å². The van der Waals surface area contributed by atoms with E-state index >= 15 is 0 Å². The van der Waals surface area contributed by atoms with E-state index in [-0.39, 0.29) is 12.5 Å². The summed E-state index contributed by atoms with van der Waals surface area (Å²) in [5.74, 6) is 1.24. The lowest BCUT2D eigenvalue weighted by molar-refractivity contribution is -0.118. The lowest BCUT2D eigenvalue weighted by Gasteiger charge is -2.07. The van der Waals surface area contributed by atoms with Crippen LogP contribution in [0.25, 0.3) is 11.5 Å². The third-order valence-electron chi connectivity index (χ3n) is 2.92. The van der Waals surface area contributed by atoms with Gasteiger partial charge >= 0.3 is 0 Å². The molecule has 1 amide bonds. The van der Waals surface area contributed by atoms with Crippen molar-refractivity contribution in [2.45, 2.75) is 6.92 Å². The third kappa shape index (κ3) is 3.91. The second-order valence-corrected chi connectivity index (χ2v) is 4.75. The number of anilines is 1. The summed E-state index contributed by atoms with van der Waals surface area (Å²) in [5.41, 5.74) is 1.35. The van der Waals surface area contributed by atoms with Crippen LogP contribution in [-0.2, 0) is 4.79 Å². The molecule has 0 saturated carbocycles. The molecule has 0 unspecified atom stereocenters. The smallest absolute Gasteiger partial charge is 0.262 e. The predicted molar refractivity (Wildman–Crippen MR) is 82.8 cm³/mol. The normalized spacial score (nSPS) is 10.3. The van der Waals surface area contributed by atoms with Gasteiger partial charge in [0, 0.05) is 11.8 Å². The van der Waals surface area contributed by atoms with Gasteiger partial charge in [-0.05, 0) is 37.3 Å². The van der Waals surface area contributed by atoms with Crippen LogP contribution in [0.4, 0.5) is 5.69 Å². The van der Waals surface area contributed by atoms with E-state index in [1.54, 1.807) is 49.6 Å². The third-order valence-corrected chi connectivity index (χ3v) is 2.92. The average molecular weight is 310 g/mol. The van der Waals surface area contributed by atoms with Crippen molar-refractivity contribution < 1.29 is 14.1 Å². The molecule has 7 nitrogen and oxygen atoms in total. The number of carbonyl (C=O) groups excluding carboxylic acids is 1. The van der Waals surface area contributed by atoms with Crippen molar-refractivity contribution in [2.24, 2.45) is 0 Å². The van der Waals surface area contributed by atoms with Crippen LogP contribution in [-0.4, -0.2) is 27.6 Å². The molecule has 23 heavy (non-hydrogen) atoms. The van der Waals surface area contributed by atoms with Crippen molar-refractivity contribution in [3.8, 4) is 17.2 Å². The zero-order chi connectivity index (χ0) is 16.1. The number of hydrogen-bond donors (Lipinski definition) is 1.